The first-order valence-corrected chi connectivity index (χ1v) is 5.28. The standard InChI is InChI=1S/C13H19NO/c1-13(2,3)12(15)10-14-9-11-7-5-4-6-8-11/h4-8,14H,9-10H2,1-3H3. The van der Waals surface area contributed by atoms with Crippen molar-refractivity contribution in [3.05, 3.63) is 35.9 Å². The van der Waals surface area contributed by atoms with Gasteiger partial charge in [0.05, 0.1) is 6.54 Å². The number of carbonyl (C=O) groups excluding carboxylic acids is 1. The van der Waals surface area contributed by atoms with Gasteiger partial charge in [0.25, 0.3) is 0 Å². The molecule has 82 valence electrons. The summed E-state index contributed by atoms with van der Waals surface area (Å²) in [4.78, 5) is 11.6. The van der Waals surface area contributed by atoms with E-state index < -0.39 is 0 Å². The molecule has 1 rings (SSSR count). The van der Waals surface area contributed by atoms with Gasteiger partial charge in [-0.1, -0.05) is 51.1 Å². The van der Waals surface area contributed by atoms with Gasteiger partial charge in [-0.2, -0.15) is 0 Å². The van der Waals surface area contributed by atoms with Gasteiger partial charge in [0, 0.05) is 12.0 Å². The molecule has 0 spiro atoms. The molecule has 2 heteroatoms. The minimum Gasteiger partial charge on any atom is -0.306 e. The summed E-state index contributed by atoms with van der Waals surface area (Å²) in [6.45, 7) is 7.03. The number of carbonyl (C=O) groups is 1. The van der Waals surface area contributed by atoms with Crippen LogP contribution in [0, 0.1) is 5.41 Å². The minimum atomic E-state index is -0.246. The predicted molar refractivity (Wildman–Crippen MR) is 62.6 cm³/mol. The highest BCUT2D eigenvalue weighted by Gasteiger charge is 2.19. The summed E-state index contributed by atoms with van der Waals surface area (Å²) in [6, 6.07) is 10.1. The van der Waals surface area contributed by atoms with Crippen LogP contribution in [0.4, 0.5) is 0 Å². The SMILES string of the molecule is CC(C)(C)C(=O)CNCc1ccccc1. The van der Waals surface area contributed by atoms with Gasteiger partial charge in [-0.15, -0.1) is 0 Å². The number of benzene rings is 1. The molecule has 0 unspecified atom stereocenters. The zero-order valence-corrected chi connectivity index (χ0v) is 9.71. The molecule has 0 radical (unpaired) electrons. The summed E-state index contributed by atoms with van der Waals surface area (Å²) in [5.41, 5.74) is 0.961. The van der Waals surface area contributed by atoms with E-state index in [0.717, 1.165) is 6.54 Å². The summed E-state index contributed by atoms with van der Waals surface area (Å²) in [5.74, 6) is 0.249. The van der Waals surface area contributed by atoms with Gasteiger partial charge in [-0.25, -0.2) is 0 Å². The van der Waals surface area contributed by atoms with Crippen molar-refractivity contribution in [2.24, 2.45) is 5.41 Å². The highest BCUT2D eigenvalue weighted by atomic mass is 16.1. The normalized spacial score (nSPS) is 11.4. The van der Waals surface area contributed by atoms with Crippen molar-refractivity contribution in [1.29, 1.82) is 0 Å². The Morgan fingerprint density at radius 1 is 1.20 bits per heavy atom. The van der Waals surface area contributed by atoms with Gasteiger partial charge in [0.2, 0.25) is 0 Å². The Hall–Kier alpha value is -1.15. The quantitative estimate of drug-likeness (QED) is 0.817. The van der Waals surface area contributed by atoms with Gasteiger partial charge in [0.1, 0.15) is 0 Å². The van der Waals surface area contributed by atoms with Gasteiger partial charge < -0.3 is 5.32 Å². The second-order valence-electron chi connectivity index (χ2n) is 4.76. The smallest absolute Gasteiger partial charge is 0.151 e. The van der Waals surface area contributed by atoms with Crippen LogP contribution in [0.1, 0.15) is 26.3 Å². The molecule has 0 amide bonds. The average Bonchev–Trinajstić information content (AvgIpc) is 2.18. The van der Waals surface area contributed by atoms with Crippen LogP contribution in [0.5, 0.6) is 0 Å². The Morgan fingerprint density at radius 2 is 1.80 bits per heavy atom. The fraction of sp³-hybridized carbons (Fsp3) is 0.462. The van der Waals surface area contributed by atoms with Gasteiger partial charge in [-0.05, 0) is 5.56 Å². The summed E-state index contributed by atoms with van der Waals surface area (Å²) >= 11 is 0. The van der Waals surface area contributed by atoms with E-state index >= 15 is 0 Å². The molecule has 0 bridgehead atoms. The van der Waals surface area contributed by atoms with Crippen molar-refractivity contribution in [2.75, 3.05) is 6.54 Å². The van der Waals surface area contributed by atoms with E-state index in [0.29, 0.717) is 6.54 Å². The van der Waals surface area contributed by atoms with Crippen molar-refractivity contribution < 1.29 is 4.79 Å². The Morgan fingerprint density at radius 3 is 2.33 bits per heavy atom. The van der Waals surface area contributed by atoms with Crippen molar-refractivity contribution >= 4 is 5.78 Å². The molecule has 0 saturated carbocycles. The highest BCUT2D eigenvalue weighted by Crippen LogP contribution is 2.13. The van der Waals surface area contributed by atoms with Gasteiger partial charge >= 0.3 is 0 Å². The lowest BCUT2D eigenvalue weighted by Gasteiger charge is -2.16. The van der Waals surface area contributed by atoms with E-state index in [9.17, 15) is 4.79 Å². The van der Waals surface area contributed by atoms with Crippen LogP contribution in [0.2, 0.25) is 0 Å². The largest absolute Gasteiger partial charge is 0.306 e. The van der Waals surface area contributed by atoms with Crippen LogP contribution in [0.25, 0.3) is 0 Å². The molecule has 0 heterocycles. The topological polar surface area (TPSA) is 29.1 Å². The van der Waals surface area contributed by atoms with E-state index in [4.69, 9.17) is 0 Å². The first kappa shape index (κ1) is 11.9. The Balaban J connectivity index is 2.32. The number of nitrogens with one attached hydrogen (secondary N) is 1. The lowest BCUT2D eigenvalue weighted by molar-refractivity contribution is -0.125. The van der Waals surface area contributed by atoms with Gasteiger partial charge in [-0.3, -0.25) is 4.79 Å². The predicted octanol–water partition coefficient (Wildman–Crippen LogP) is 2.39. The van der Waals surface area contributed by atoms with E-state index in [1.165, 1.54) is 5.56 Å². The van der Waals surface area contributed by atoms with Crippen LogP contribution in [0.3, 0.4) is 0 Å². The van der Waals surface area contributed by atoms with Crippen LogP contribution < -0.4 is 5.32 Å². The van der Waals surface area contributed by atoms with Crippen molar-refractivity contribution in [3.8, 4) is 0 Å². The van der Waals surface area contributed by atoms with Crippen molar-refractivity contribution in [1.82, 2.24) is 5.32 Å². The minimum absolute atomic E-state index is 0.246. The van der Waals surface area contributed by atoms with E-state index in [-0.39, 0.29) is 11.2 Å². The maximum Gasteiger partial charge on any atom is 0.151 e. The van der Waals surface area contributed by atoms with E-state index in [2.05, 4.69) is 17.4 Å². The van der Waals surface area contributed by atoms with Crippen LogP contribution in [0.15, 0.2) is 30.3 Å². The van der Waals surface area contributed by atoms with Crippen LogP contribution in [-0.2, 0) is 11.3 Å². The van der Waals surface area contributed by atoms with Gasteiger partial charge in [0.15, 0.2) is 5.78 Å². The molecule has 1 N–H and O–H groups in total. The molecule has 0 aromatic heterocycles. The number of ketones is 1. The number of hydrogen-bond acceptors (Lipinski definition) is 2. The Labute approximate surface area is 91.7 Å². The summed E-state index contributed by atoms with van der Waals surface area (Å²) in [5, 5.41) is 3.16. The average molecular weight is 205 g/mol. The molecule has 1 aromatic carbocycles. The number of rotatable bonds is 4. The molecule has 0 saturated heterocycles. The second-order valence-corrected chi connectivity index (χ2v) is 4.76. The summed E-state index contributed by atoms with van der Waals surface area (Å²) in [6.07, 6.45) is 0. The lowest BCUT2D eigenvalue weighted by atomic mass is 9.91. The number of Topliss-reactive ketones (excluding diaryl/α,β-unsaturated/α-hetero) is 1. The molecule has 0 aliphatic heterocycles. The van der Waals surface area contributed by atoms with Crippen LogP contribution in [-0.4, -0.2) is 12.3 Å². The van der Waals surface area contributed by atoms with E-state index in [1.807, 2.05) is 39.0 Å². The zero-order chi connectivity index (χ0) is 11.3. The summed E-state index contributed by atoms with van der Waals surface area (Å²) in [7, 11) is 0. The molecular weight excluding hydrogens is 186 g/mol. The third-order valence-electron chi connectivity index (χ3n) is 2.29. The third kappa shape index (κ3) is 4.26. The maximum absolute atomic E-state index is 11.6. The molecule has 0 aliphatic carbocycles. The Kier molecular flexibility index (Phi) is 4.04. The zero-order valence-electron chi connectivity index (χ0n) is 9.71. The molecular formula is C13H19NO. The molecule has 0 aliphatic rings. The first-order chi connectivity index (χ1) is 7.00. The fourth-order valence-corrected chi connectivity index (χ4v) is 1.18. The molecule has 0 atom stereocenters. The molecule has 1 aromatic rings. The monoisotopic (exact) mass is 205 g/mol. The van der Waals surface area contributed by atoms with E-state index in [1.54, 1.807) is 0 Å². The molecule has 2 nitrogen and oxygen atoms in total. The highest BCUT2D eigenvalue weighted by molar-refractivity contribution is 5.85. The first-order valence-electron chi connectivity index (χ1n) is 5.28. The second kappa shape index (κ2) is 5.08. The maximum atomic E-state index is 11.6. The number of hydrogen-bond donors (Lipinski definition) is 1. The third-order valence-corrected chi connectivity index (χ3v) is 2.29. The summed E-state index contributed by atoms with van der Waals surface area (Å²) < 4.78 is 0. The molecule has 0 fully saturated rings. The van der Waals surface area contributed by atoms with Crippen molar-refractivity contribution in [3.63, 3.8) is 0 Å². The lowest BCUT2D eigenvalue weighted by Crippen LogP contribution is -2.31. The Bertz CT molecular complexity index is 311. The fourth-order valence-electron chi connectivity index (χ4n) is 1.18. The van der Waals surface area contributed by atoms with Crippen molar-refractivity contribution in [2.45, 2.75) is 27.3 Å². The molecule has 15 heavy (non-hydrogen) atoms. The van der Waals surface area contributed by atoms with Crippen LogP contribution >= 0.6 is 0 Å².